The summed E-state index contributed by atoms with van der Waals surface area (Å²) in [4.78, 5) is 7.19. The van der Waals surface area contributed by atoms with Crippen molar-refractivity contribution in [2.24, 2.45) is 4.99 Å². The molecule has 0 bridgehead atoms. The van der Waals surface area contributed by atoms with Gasteiger partial charge in [-0.15, -0.1) is 24.0 Å². The summed E-state index contributed by atoms with van der Waals surface area (Å²) in [5.74, 6) is 2.27. The second-order valence-corrected chi connectivity index (χ2v) is 6.78. The van der Waals surface area contributed by atoms with Crippen LogP contribution in [0.4, 0.5) is 0 Å². The summed E-state index contributed by atoms with van der Waals surface area (Å²) < 4.78 is 16.2. The summed E-state index contributed by atoms with van der Waals surface area (Å²) in [7, 11) is 3.28. The molecular weight excluding hydrogens is 471 g/mol. The van der Waals surface area contributed by atoms with E-state index in [0.29, 0.717) is 18.6 Å². The molecule has 1 aliphatic rings. The van der Waals surface area contributed by atoms with Gasteiger partial charge in [-0.05, 0) is 38.5 Å². The third-order valence-electron chi connectivity index (χ3n) is 4.76. The fourth-order valence-electron chi connectivity index (χ4n) is 3.25. The lowest BCUT2D eigenvalue weighted by atomic mass is 10.2. The van der Waals surface area contributed by atoms with E-state index in [4.69, 9.17) is 19.2 Å². The Bertz CT molecular complexity index is 615. The standard InChI is InChI=1S/C20H34N4O3.HI/c1-6-21-20(22-12-15(2)24-9-10-27-14-16(24)3)23-13-17-7-8-18(25-4)19(11-17)26-5;/h7-8,11,15-16H,6,9-10,12-14H2,1-5H3,(H2,21,22,23);1H. The van der Waals surface area contributed by atoms with Gasteiger partial charge in [0.15, 0.2) is 17.5 Å². The number of nitrogens with zero attached hydrogens (tertiary/aromatic N) is 2. The monoisotopic (exact) mass is 506 g/mol. The van der Waals surface area contributed by atoms with Crippen LogP contribution < -0.4 is 20.1 Å². The Hall–Kier alpha value is -1.26. The molecule has 2 atom stereocenters. The molecule has 0 saturated carbocycles. The topological polar surface area (TPSA) is 67.4 Å². The van der Waals surface area contributed by atoms with Gasteiger partial charge in [0.05, 0.1) is 34.0 Å². The molecule has 1 aromatic carbocycles. The zero-order chi connectivity index (χ0) is 19.6. The van der Waals surface area contributed by atoms with Crippen LogP contribution in [0.1, 0.15) is 26.3 Å². The number of morpholine rings is 1. The van der Waals surface area contributed by atoms with Crippen molar-refractivity contribution in [3.8, 4) is 11.5 Å². The molecule has 7 nitrogen and oxygen atoms in total. The third kappa shape index (κ3) is 7.29. The van der Waals surface area contributed by atoms with Crippen LogP contribution in [0.3, 0.4) is 0 Å². The van der Waals surface area contributed by atoms with Crippen molar-refractivity contribution in [1.82, 2.24) is 15.5 Å². The zero-order valence-corrected chi connectivity index (χ0v) is 20.0. The number of methoxy groups -OCH3 is 2. The van der Waals surface area contributed by atoms with E-state index in [9.17, 15) is 0 Å². The van der Waals surface area contributed by atoms with E-state index < -0.39 is 0 Å². The molecule has 1 aromatic rings. The largest absolute Gasteiger partial charge is 0.493 e. The summed E-state index contributed by atoms with van der Waals surface area (Å²) in [6.45, 7) is 11.3. The number of hydrogen-bond donors (Lipinski definition) is 2. The number of rotatable bonds is 8. The minimum absolute atomic E-state index is 0. The van der Waals surface area contributed by atoms with Crippen LogP contribution in [0.15, 0.2) is 23.2 Å². The molecule has 28 heavy (non-hydrogen) atoms. The van der Waals surface area contributed by atoms with Crippen molar-refractivity contribution >= 4 is 29.9 Å². The summed E-state index contributed by atoms with van der Waals surface area (Å²) in [6, 6.07) is 6.73. The molecular formula is C20H35IN4O3. The minimum atomic E-state index is 0. The molecule has 0 aromatic heterocycles. The molecule has 8 heteroatoms. The van der Waals surface area contributed by atoms with Gasteiger partial charge < -0.3 is 24.8 Å². The Balaban J connectivity index is 0.00000392. The molecule has 0 aliphatic carbocycles. The summed E-state index contributed by atoms with van der Waals surface area (Å²) >= 11 is 0. The average Bonchev–Trinajstić information content (AvgIpc) is 2.69. The van der Waals surface area contributed by atoms with Gasteiger partial charge in [0, 0.05) is 31.7 Å². The normalized spacial score (nSPS) is 18.8. The Kier molecular flexibility index (Phi) is 11.6. The van der Waals surface area contributed by atoms with E-state index >= 15 is 0 Å². The highest BCUT2D eigenvalue weighted by atomic mass is 127. The van der Waals surface area contributed by atoms with E-state index in [1.54, 1.807) is 14.2 Å². The van der Waals surface area contributed by atoms with E-state index in [1.807, 2.05) is 18.2 Å². The summed E-state index contributed by atoms with van der Waals surface area (Å²) in [5, 5.41) is 6.77. The molecule has 0 spiro atoms. The smallest absolute Gasteiger partial charge is 0.191 e. The molecule has 160 valence electrons. The maximum atomic E-state index is 5.53. The van der Waals surface area contributed by atoms with Gasteiger partial charge in [-0.25, -0.2) is 4.99 Å². The van der Waals surface area contributed by atoms with Crippen molar-refractivity contribution in [3.05, 3.63) is 23.8 Å². The van der Waals surface area contributed by atoms with E-state index in [1.165, 1.54) is 0 Å². The molecule has 0 amide bonds. The highest BCUT2D eigenvalue weighted by Crippen LogP contribution is 2.27. The number of ether oxygens (including phenoxy) is 3. The van der Waals surface area contributed by atoms with E-state index in [0.717, 1.165) is 55.9 Å². The van der Waals surface area contributed by atoms with Crippen molar-refractivity contribution in [1.29, 1.82) is 0 Å². The number of halogens is 1. The lowest BCUT2D eigenvalue weighted by molar-refractivity contribution is -0.0174. The van der Waals surface area contributed by atoms with E-state index in [-0.39, 0.29) is 24.0 Å². The highest BCUT2D eigenvalue weighted by Gasteiger charge is 2.23. The fourth-order valence-corrected chi connectivity index (χ4v) is 3.25. The van der Waals surface area contributed by atoms with Crippen LogP contribution in [0.2, 0.25) is 0 Å². The Morgan fingerprint density at radius 3 is 2.68 bits per heavy atom. The third-order valence-corrected chi connectivity index (χ3v) is 4.76. The first kappa shape index (κ1) is 24.8. The molecule has 0 radical (unpaired) electrons. The predicted molar refractivity (Wildman–Crippen MR) is 124 cm³/mol. The van der Waals surface area contributed by atoms with Gasteiger partial charge in [0.2, 0.25) is 0 Å². The van der Waals surface area contributed by atoms with Crippen LogP contribution in [-0.2, 0) is 11.3 Å². The van der Waals surface area contributed by atoms with Crippen LogP contribution in [0.5, 0.6) is 11.5 Å². The molecule has 2 rings (SSSR count). The zero-order valence-electron chi connectivity index (χ0n) is 17.7. The fraction of sp³-hybridized carbons (Fsp3) is 0.650. The van der Waals surface area contributed by atoms with Gasteiger partial charge in [-0.3, -0.25) is 4.90 Å². The molecule has 2 unspecified atom stereocenters. The lowest BCUT2D eigenvalue weighted by Crippen LogP contribution is -2.53. The van der Waals surface area contributed by atoms with E-state index in [2.05, 4.69) is 36.3 Å². The number of hydrogen-bond acceptors (Lipinski definition) is 5. The Morgan fingerprint density at radius 1 is 1.29 bits per heavy atom. The first-order valence-corrected chi connectivity index (χ1v) is 9.65. The maximum Gasteiger partial charge on any atom is 0.191 e. The SMILES string of the molecule is CCNC(=NCc1ccc(OC)c(OC)c1)NCC(C)N1CCOCC1C.I. The second-order valence-electron chi connectivity index (χ2n) is 6.78. The first-order chi connectivity index (χ1) is 13.1. The van der Waals surface area contributed by atoms with Crippen molar-refractivity contribution in [3.63, 3.8) is 0 Å². The van der Waals surface area contributed by atoms with Crippen LogP contribution >= 0.6 is 24.0 Å². The Labute approximate surface area is 186 Å². The minimum Gasteiger partial charge on any atom is -0.493 e. The quantitative estimate of drug-likeness (QED) is 0.321. The molecule has 1 heterocycles. The van der Waals surface area contributed by atoms with Crippen LogP contribution in [0, 0.1) is 0 Å². The van der Waals surface area contributed by atoms with Crippen LogP contribution in [-0.4, -0.2) is 70.0 Å². The molecule has 2 N–H and O–H groups in total. The molecule has 1 fully saturated rings. The number of aliphatic imine (C=N–C) groups is 1. The predicted octanol–water partition coefficient (Wildman–Crippen LogP) is 2.49. The number of benzene rings is 1. The van der Waals surface area contributed by atoms with Crippen molar-refractivity contribution in [2.45, 2.75) is 39.4 Å². The van der Waals surface area contributed by atoms with Gasteiger partial charge >= 0.3 is 0 Å². The average molecular weight is 506 g/mol. The highest BCUT2D eigenvalue weighted by molar-refractivity contribution is 14.0. The Morgan fingerprint density at radius 2 is 2.04 bits per heavy atom. The molecule has 1 saturated heterocycles. The second kappa shape index (κ2) is 13.1. The summed E-state index contributed by atoms with van der Waals surface area (Å²) in [6.07, 6.45) is 0. The molecule has 1 aliphatic heterocycles. The van der Waals surface area contributed by atoms with Gasteiger partial charge in [-0.2, -0.15) is 0 Å². The van der Waals surface area contributed by atoms with Gasteiger partial charge in [0.1, 0.15) is 0 Å². The lowest BCUT2D eigenvalue weighted by Gasteiger charge is -2.38. The van der Waals surface area contributed by atoms with Crippen molar-refractivity contribution in [2.75, 3.05) is 47.1 Å². The summed E-state index contributed by atoms with van der Waals surface area (Å²) in [5.41, 5.74) is 1.07. The van der Waals surface area contributed by atoms with Gasteiger partial charge in [0.25, 0.3) is 0 Å². The number of nitrogens with one attached hydrogen (secondary N) is 2. The van der Waals surface area contributed by atoms with Crippen LogP contribution in [0.25, 0.3) is 0 Å². The first-order valence-electron chi connectivity index (χ1n) is 9.65. The number of guanidine groups is 1. The maximum absolute atomic E-state index is 5.53. The van der Waals surface area contributed by atoms with Gasteiger partial charge in [-0.1, -0.05) is 6.07 Å². The van der Waals surface area contributed by atoms with Crippen molar-refractivity contribution < 1.29 is 14.2 Å².